The maximum atomic E-state index is 11.3. The summed E-state index contributed by atoms with van der Waals surface area (Å²) in [6, 6.07) is 3.94. The van der Waals surface area contributed by atoms with Gasteiger partial charge in [0.25, 0.3) is 0 Å². The first kappa shape index (κ1) is 11.5. The van der Waals surface area contributed by atoms with Crippen molar-refractivity contribution in [3.05, 3.63) is 24.2 Å². The third-order valence-corrected chi connectivity index (χ3v) is 6.80. The van der Waals surface area contributed by atoms with E-state index in [0.29, 0.717) is 13.0 Å². The fraction of sp³-hybridized carbons (Fsp3) is 0.583. The number of esters is 1. The summed E-state index contributed by atoms with van der Waals surface area (Å²) in [5.41, 5.74) is 0. The lowest BCUT2D eigenvalue weighted by Gasteiger charge is -2.37. The second-order valence-electron chi connectivity index (χ2n) is 4.28. The lowest BCUT2D eigenvalue weighted by molar-refractivity contribution is -0.137. The van der Waals surface area contributed by atoms with Gasteiger partial charge in [-0.25, -0.2) is 0 Å². The van der Waals surface area contributed by atoms with Gasteiger partial charge in [0.1, 0.15) is 9.84 Å². The summed E-state index contributed by atoms with van der Waals surface area (Å²) in [4.78, 5) is 11.3. The van der Waals surface area contributed by atoms with Crippen molar-refractivity contribution in [2.75, 3.05) is 18.1 Å². The zero-order valence-electron chi connectivity index (χ0n) is 9.39. The molecule has 1 atom stereocenters. The molecule has 1 unspecified atom stereocenters. The molecule has 0 aromatic carbocycles. The molecule has 2 saturated heterocycles. The molecular formula is C12H14O3S2. The lowest BCUT2D eigenvalue weighted by Crippen LogP contribution is -2.32. The van der Waals surface area contributed by atoms with Crippen LogP contribution in [-0.2, 0) is 13.6 Å². The number of hydrogen-bond acceptors (Lipinski definition) is 5. The maximum absolute atomic E-state index is 11.3. The molecule has 0 amide bonds. The molecule has 1 aromatic rings. The topological polar surface area (TPSA) is 39.4 Å². The highest BCUT2D eigenvalue weighted by atomic mass is 32.2. The van der Waals surface area contributed by atoms with Crippen molar-refractivity contribution >= 4 is 29.5 Å². The van der Waals surface area contributed by atoms with Crippen molar-refractivity contribution in [2.45, 2.75) is 16.9 Å². The molecule has 0 radical (unpaired) electrons. The van der Waals surface area contributed by atoms with Crippen LogP contribution in [0.5, 0.6) is 0 Å². The molecule has 3 heterocycles. The average molecular weight is 270 g/mol. The van der Waals surface area contributed by atoms with Crippen LogP contribution in [0, 0.1) is 5.92 Å². The van der Waals surface area contributed by atoms with Crippen LogP contribution in [0.3, 0.4) is 0 Å². The van der Waals surface area contributed by atoms with Gasteiger partial charge in [0.2, 0.25) is 0 Å². The van der Waals surface area contributed by atoms with Crippen molar-refractivity contribution in [1.29, 1.82) is 0 Å². The number of furan rings is 1. The summed E-state index contributed by atoms with van der Waals surface area (Å²) < 4.78 is 10.6. The summed E-state index contributed by atoms with van der Waals surface area (Å²) in [5, 5.41) is 0. The first-order valence-corrected chi connectivity index (χ1v) is 7.76. The third-order valence-electron chi connectivity index (χ3n) is 3.18. The van der Waals surface area contributed by atoms with E-state index >= 15 is 0 Å². The Morgan fingerprint density at radius 3 is 2.76 bits per heavy atom. The maximum Gasteiger partial charge on any atom is 0.306 e. The lowest BCUT2D eigenvalue weighted by atomic mass is 10.0. The van der Waals surface area contributed by atoms with Crippen LogP contribution in [0.15, 0.2) is 22.8 Å². The van der Waals surface area contributed by atoms with E-state index < -0.39 is 0 Å². The van der Waals surface area contributed by atoms with E-state index in [0.717, 1.165) is 17.3 Å². The van der Waals surface area contributed by atoms with Gasteiger partial charge in [-0.05, 0) is 30.1 Å². The van der Waals surface area contributed by atoms with Crippen LogP contribution in [0.2, 0.25) is 0 Å². The quantitative estimate of drug-likeness (QED) is 0.773. The Bertz CT molecular complexity index is 396. The zero-order chi connectivity index (χ0) is 11.7. The molecular weight excluding hydrogens is 256 g/mol. The van der Waals surface area contributed by atoms with E-state index in [4.69, 9.17) is 9.15 Å². The third kappa shape index (κ3) is 1.99. The van der Waals surface area contributed by atoms with Gasteiger partial charge in [-0.15, -0.1) is 23.5 Å². The molecule has 2 aliphatic heterocycles. The fourth-order valence-corrected chi connectivity index (χ4v) is 5.85. The molecule has 1 aromatic heterocycles. The minimum absolute atomic E-state index is 0.0762. The van der Waals surface area contributed by atoms with E-state index in [1.165, 1.54) is 6.42 Å². The van der Waals surface area contributed by atoms with Crippen molar-refractivity contribution in [3.8, 4) is 0 Å². The standard InChI is InChI=1S/C12H14O3S2/c13-11-7-9(8-15-11)12(10-3-1-4-14-10)16-5-2-6-17-12/h1,3-4,9H,2,5-8H2. The number of carbonyl (C=O) groups excluding carboxylic acids is 1. The number of ether oxygens (including phenoxy) is 1. The van der Waals surface area contributed by atoms with Crippen molar-refractivity contribution in [1.82, 2.24) is 0 Å². The largest absolute Gasteiger partial charge is 0.467 e. The van der Waals surface area contributed by atoms with Crippen LogP contribution < -0.4 is 0 Å². The van der Waals surface area contributed by atoms with Gasteiger partial charge in [0, 0.05) is 5.92 Å². The predicted molar refractivity (Wildman–Crippen MR) is 69.0 cm³/mol. The Labute approximate surface area is 109 Å². The Kier molecular flexibility index (Phi) is 3.13. The Balaban J connectivity index is 1.93. The molecule has 2 aliphatic rings. The van der Waals surface area contributed by atoms with E-state index in [1.54, 1.807) is 6.26 Å². The molecule has 0 spiro atoms. The number of carbonyl (C=O) groups is 1. The molecule has 17 heavy (non-hydrogen) atoms. The first-order valence-electron chi connectivity index (χ1n) is 5.79. The highest BCUT2D eigenvalue weighted by Crippen LogP contribution is 2.57. The zero-order valence-corrected chi connectivity index (χ0v) is 11.0. The van der Waals surface area contributed by atoms with E-state index in [2.05, 4.69) is 0 Å². The van der Waals surface area contributed by atoms with Crippen LogP contribution in [0.25, 0.3) is 0 Å². The van der Waals surface area contributed by atoms with Gasteiger partial charge in [-0.1, -0.05) is 0 Å². The van der Waals surface area contributed by atoms with E-state index in [9.17, 15) is 4.79 Å². The normalized spacial score (nSPS) is 28.0. The second-order valence-corrected chi connectivity index (χ2v) is 7.22. The van der Waals surface area contributed by atoms with Gasteiger partial charge < -0.3 is 9.15 Å². The Morgan fingerprint density at radius 2 is 2.18 bits per heavy atom. The van der Waals surface area contributed by atoms with Crippen LogP contribution in [-0.4, -0.2) is 24.1 Å². The predicted octanol–water partition coefficient (Wildman–Crippen LogP) is 2.87. The highest BCUT2D eigenvalue weighted by Gasteiger charge is 2.49. The molecule has 2 fully saturated rings. The molecule has 3 rings (SSSR count). The van der Waals surface area contributed by atoms with Gasteiger partial charge in [-0.2, -0.15) is 0 Å². The van der Waals surface area contributed by atoms with Gasteiger partial charge in [0.05, 0.1) is 19.3 Å². The van der Waals surface area contributed by atoms with Crippen LogP contribution in [0.1, 0.15) is 18.6 Å². The number of rotatable bonds is 2. The van der Waals surface area contributed by atoms with Crippen LogP contribution >= 0.6 is 23.5 Å². The van der Waals surface area contributed by atoms with E-state index in [1.807, 2.05) is 35.7 Å². The highest BCUT2D eigenvalue weighted by molar-refractivity contribution is 8.18. The van der Waals surface area contributed by atoms with Crippen molar-refractivity contribution < 1.29 is 13.9 Å². The van der Waals surface area contributed by atoms with Gasteiger partial charge >= 0.3 is 5.97 Å². The minimum atomic E-state index is -0.117. The summed E-state index contributed by atoms with van der Waals surface area (Å²) in [5.74, 6) is 3.39. The molecule has 0 bridgehead atoms. The second kappa shape index (κ2) is 4.61. The van der Waals surface area contributed by atoms with Crippen LogP contribution in [0.4, 0.5) is 0 Å². The van der Waals surface area contributed by atoms with E-state index in [-0.39, 0.29) is 16.0 Å². The summed E-state index contributed by atoms with van der Waals surface area (Å²) >= 11 is 3.81. The minimum Gasteiger partial charge on any atom is -0.467 e. The fourth-order valence-electron chi connectivity index (χ4n) is 2.36. The average Bonchev–Trinajstić information content (AvgIpc) is 3.01. The number of hydrogen-bond donors (Lipinski definition) is 0. The molecule has 0 aliphatic carbocycles. The first-order chi connectivity index (χ1) is 8.31. The number of thioether (sulfide) groups is 2. The Hall–Kier alpha value is -0.550. The summed E-state index contributed by atoms with van der Waals surface area (Å²) in [6.45, 7) is 0.527. The Morgan fingerprint density at radius 1 is 1.35 bits per heavy atom. The van der Waals surface area contributed by atoms with Crippen molar-refractivity contribution in [3.63, 3.8) is 0 Å². The van der Waals surface area contributed by atoms with Gasteiger partial charge in [0.15, 0.2) is 0 Å². The molecule has 5 heteroatoms. The van der Waals surface area contributed by atoms with Gasteiger partial charge in [-0.3, -0.25) is 4.79 Å². The summed E-state index contributed by atoms with van der Waals surface area (Å²) in [6.07, 6.45) is 3.45. The van der Waals surface area contributed by atoms with Crippen molar-refractivity contribution in [2.24, 2.45) is 5.92 Å². The summed E-state index contributed by atoms with van der Waals surface area (Å²) in [7, 11) is 0. The SMILES string of the molecule is O=C1CC(C2(c3ccco3)SCCCS2)CO1. The molecule has 0 N–H and O–H groups in total. The number of cyclic esters (lactones) is 1. The monoisotopic (exact) mass is 270 g/mol. The molecule has 92 valence electrons. The molecule has 3 nitrogen and oxygen atoms in total. The molecule has 0 saturated carbocycles. The smallest absolute Gasteiger partial charge is 0.306 e.